The number of fused-ring (bicyclic) bond motifs is 1. The predicted octanol–water partition coefficient (Wildman–Crippen LogP) is 2.78. The highest BCUT2D eigenvalue weighted by molar-refractivity contribution is 6.16. The standard InChI is InChI=1S/C28H34FN7O4/c1-39-24-14-22-23(15-25(24)40-10-4-9-35-8-3-7-21(35)16-37)31-17-36(20-6-2-5-18(29)11-20)28(22)32-27-13-19(33-34-27)12-26(30)38/h2,5-6,11,13-15,21,31,37H,3-4,7-10,12,16-17H2,1H3,(H2,30,38)(H,33,34)/t21-/m0/s1. The maximum Gasteiger partial charge on any atom is 0.223 e. The van der Waals surface area contributed by atoms with Gasteiger partial charge in [-0.15, -0.1) is 0 Å². The highest BCUT2D eigenvalue weighted by Gasteiger charge is 2.27. The molecule has 1 fully saturated rings. The molecule has 11 nitrogen and oxygen atoms in total. The van der Waals surface area contributed by atoms with E-state index in [9.17, 15) is 14.3 Å². The first-order valence-electron chi connectivity index (χ1n) is 13.3. The van der Waals surface area contributed by atoms with Crippen LogP contribution in [-0.4, -0.2) is 78.1 Å². The SMILES string of the molecule is COc1cc2c(cc1OCCCN1CCC[C@H]1CO)NCN(c1cccc(F)c1)C2=Nc1cc(CC(N)=O)[nH]n1. The van der Waals surface area contributed by atoms with E-state index in [2.05, 4.69) is 20.4 Å². The van der Waals surface area contributed by atoms with Crippen LogP contribution in [0.15, 0.2) is 47.5 Å². The third kappa shape index (κ3) is 6.18. The van der Waals surface area contributed by atoms with Crippen molar-refractivity contribution in [3.63, 3.8) is 0 Å². The number of rotatable bonds is 11. The van der Waals surface area contributed by atoms with Crippen LogP contribution in [0.25, 0.3) is 0 Å². The van der Waals surface area contributed by atoms with Gasteiger partial charge >= 0.3 is 0 Å². The van der Waals surface area contributed by atoms with Crippen molar-refractivity contribution in [2.75, 3.05) is 50.3 Å². The number of hydrogen-bond acceptors (Lipinski definition) is 8. The Morgan fingerprint density at radius 3 is 2.92 bits per heavy atom. The molecule has 5 N–H and O–H groups in total. The van der Waals surface area contributed by atoms with Gasteiger partial charge in [0, 0.05) is 41.7 Å². The molecule has 1 amide bonds. The number of aromatic amines is 1. The van der Waals surface area contributed by atoms with Crippen LogP contribution in [-0.2, 0) is 11.2 Å². The van der Waals surface area contributed by atoms with Crippen molar-refractivity contribution in [2.45, 2.75) is 31.7 Å². The molecule has 5 rings (SSSR count). The van der Waals surface area contributed by atoms with E-state index in [1.807, 2.05) is 17.0 Å². The zero-order valence-electron chi connectivity index (χ0n) is 22.4. The number of primary amides is 1. The van der Waals surface area contributed by atoms with Crippen LogP contribution in [0.4, 0.5) is 21.6 Å². The van der Waals surface area contributed by atoms with Crippen LogP contribution >= 0.6 is 0 Å². The molecule has 3 heterocycles. The fourth-order valence-electron chi connectivity index (χ4n) is 5.17. The number of H-pyrrole nitrogens is 1. The minimum atomic E-state index is -0.484. The van der Waals surface area contributed by atoms with Gasteiger partial charge in [0.25, 0.3) is 0 Å². The molecule has 0 saturated carbocycles. The van der Waals surface area contributed by atoms with E-state index < -0.39 is 5.91 Å². The molecule has 0 bridgehead atoms. The smallest absolute Gasteiger partial charge is 0.223 e. The maximum absolute atomic E-state index is 14.2. The molecule has 212 valence electrons. The number of aliphatic hydroxyl groups excluding tert-OH is 1. The second-order valence-corrected chi connectivity index (χ2v) is 9.84. The summed E-state index contributed by atoms with van der Waals surface area (Å²) in [6, 6.07) is 11.9. The third-order valence-corrected chi connectivity index (χ3v) is 7.11. The molecule has 0 spiro atoms. The largest absolute Gasteiger partial charge is 0.493 e. The van der Waals surface area contributed by atoms with Gasteiger partial charge in [-0.3, -0.25) is 14.8 Å². The number of carbonyl (C=O) groups excluding carboxylic acids is 1. The molecule has 2 aromatic carbocycles. The number of benzene rings is 2. The van der Waals surface area contributed by atoms with Crippen molar-refractivity contribution in [1.82, 2.24) is 15.1 Å². The van der Waals surface area contributed by atoms with Gasteiger partial charge in [-0.2, -0.15) is 5.10 Å². The molecule has 1 aromatic heterocycles. The van der Waals surface area contributed by atoms with Gasteiger partial charge in [0.1, 0.15) is 11.7 Å². The lowest BCUT2D eigenvalue weighted by Crippen LogP contribution is -2.40. The molecule has 3 aromatic rings. The van der Waals surface area contributed by atoms with Crippen molar-refractivity contribution in [2.24, 2.45) is 10.7 Å². The normalized spacial score (nSPS) is 18.0. The summed E-state index contributed by atoms with van der Waals surface area (Å²) < 4.78 is 26.0. The van der Waals surface area contributed by atoms with Gasteiger partial charge in [-0.1, -0.05) is 6.07 Å². The van der Waals surface area contributed by atoms with Gasteiger partial charge in [0.15, 0.2) is 17.3 Å². The van der Waals surface area contributed by atoms with Crippen molar-refractivity contribution in [1.29, 1.82) is 0 Å². The van der Waals surface area contributed by atoms with Crippen LogP contribution in [0, 0.1) is 5.82 Å². The number of ether oxygens (including phenoxy) is 2. The van der Waals surface area contributed by atoms with Crippen molar-refractivity contribution < 1.29 is 23.8 Å². The van der Waals surface area contributed by atoms with E-state index in [0.717, 1.165) is 38.0 Å². The fourth-order valence-corrected chi connectivity index (χ4v) is 5.17. The van der Waals surface area contributed by atoms with E-state index in [0.29, 0.717) is 53.4 Å². The number of likely N-dealkylation sites (tertiary alicyclic amines) is 1. The van der Waals surface area contributed by atoms with E-state index in [4.69, 9.17) is 20.2 Å². The predicted molar refractivity (Wildman–Crippen MR) is 150 cm³/mol. The molecule has 0 unspecified atom stereocenters. The van der Waals surface area contributed by atoms with Gasteiger partial charge in [-0.05, 0) is 50.1 Å². The Bertz CT molecular complexity index is 1380. The summed E-state index contributed by atoms with van der Waals surface area (Å²) in [5.41, 5.74) is 7.94. The van der Waals surface area contributed by atoms with E-state index in [1.54, 1.807) is 25.3 Å². The number of aliphatic hydroxyl groups is 1. The Balaban J connectivity index is 1.42. The zero-order chi connectivity index (χ0) is 28.1. The van der Waals surface area contributed by atoms with Gasteiger partial charge in [0.05, 0.1) is 39.1 Å². The van der Waals surface area contributed by atoms with E-state index >= 15 is 0 Å². The molecule has 2 aliphatic rings. The monoisotopic (exact) mass is 551 g/mol. The van der Waals surface area contributed by atoms with Crippen LogP contribution in [0.2, 0.25) is 0 Å². The number of hydrogen-bond donors (Lipinski definition) is 4. The van der Waals surface area contributed by atoms with Crippen LogP contribution in [0.1, 0.15) is 30.5 Å². The highest BCUT2D eigenvalue weighted by Crippen LogP contribution is 2.38. The van der Waals surface area contributed by atoms with Crippen LogP contribution in [0.3, 0.4) is 0 Å². The Hall–Kier alpha value is -4.16. The topological polar surface area (TPSA) is 141 Å². The molecule has 12 heteroatoms. The first kappa shape index (κ1) is 27.4. The zero-order valence-corrected chi connectivity index (χ0v) is 22.4. The summed E-state index contributed by atoms with van der Waals surface area (Å²) in [5.74, 6) is 1.14. The Kier molecular flexibility index (Phi) is 8.46. The molecule has 40 heavy (non-hydrogen) atoms. The number of nitrogens with two attached hydrogens (primary N) is 1. The van der Waals surface area contributed by atoms with E-state index in [-0.39, 0.29) is 24.9 Å². The van der Waals surface area contributed by atoms with Gasteiger partial charge < -0.3 is 30.5 Å². The average molecular weight is 552 g/mol. The minimum absolute atomic E-state index is 0.0105. The second kappa shape index (κ2) is 12.3. The van der Waals surface area contributed by atoms with Crippen molar-refractivity contribution in [3.8, 4) is 11.5 Å². The Morgan fingerprint density at radius 1 is 1.27 bits per heavy atom. The van der Waals surface area contributed by atoms with Crippen molar-refractivity contribution in [3.05, 3.63) is 59.5 Å². The van der Waals surface area contributed by atoms with Gasteiger partial charge in [0.2, 0.25) is 5.91 Å². The van der Waals surface area contributed by atoms with Crippen LogP contribution in [0.5, 0.6) is 11.5 Å². The number of nitrogens with one attached hydrogen (secondary N) is 2. The molecule has 1 atom stereocenters. The Labute approximate surface area is 231 Å². The first-order valence-corrected chi connectivity index (χ1v) is 13.3. The third-order valence-electron chi connectivity index (χ3n) is 7.11. The number of anilines is 2. The molecule has 0 radical (unpaired) electrons. The molecule has 1 saturated heterocycles. The number of methoxy groups -OCH3 is 1. The molecular weight excluding hydrogens is 517 g/mol. The molecule has 2 aliphatic heterocycles. The van der Waals surface area contributed by atoms with E-state index in [1.165, 1.54) is 12.1 Å². The van der Waals surface area contributed by atoms with Crippen LogP contribution < -0.4 is 25.4 Å². The maximum atomic E-state index is 14.2. The lowest BCUT2D eigenvalue weighted by Gasteiger charge is -2.33. The number of carbonyl (C=O) groups is 1. The first-order chi connectivity index (χ1) is 19.4. The summed E-state index contributed by atoms with van der Waals surface area (Å²) >= 11 is 0. The summed E-state index contributed by atoms with van der Waals surface area (Å²) in [4.78, 5) is 20.3. The number of nitrogens with zero attached hydrogens (tertiary/aromatic N) is 4. The fraction of sp³-hybridized carbons (Fsp3) is 0.393. The minimum Gasteiger partial charge on any atom is -0.493 e. The average Bonchev–Trinajstić information content (AvgIpc) is 3.59. The quantitative estimate of drug-likeness (QED) is 0.267. The van der Waals surface area contributed by atoms with Gasteiger partial charge in [-0.25, -0.2) is 9.38 Å². The summed E-state index contributed by atoms with van der Waals surface area (Å²) in [6.07, 6.45) is 2.97. The number of aliphatic imine (C=N–C) groups is 1. The lowest BCUT2D eigenvalue weighted by molar-refractivity contribution is -0.117. The Morgan fingerprint density at radius 2 is 2.15 bits per heavy atom. The number of aromatic nitrogens is 2. The van der Waals surface area contributed by atoms with Crippen molar-refractivity contribution >= 4 is 28.9 Å². The molecule has 0 aliphatic carbocycles. The number of amidine groups is 1. The summed E-state index contributed by atoms with van der Waals surface area (Å²) in [6.45, 7) is 2.86. The highest BCUT2D eigenvalue weighted by atomic mass is 19.1. The summed E-state index contributed by atoms with van der Waals surface area (Å²) in [7, 11) is 1.58. The second-order valence-electron chi connectivity index (χ2n) is 9.84. The number of amides is 1. The lowest BCUT2D eigenvalue weighted by atomic mass is 10.1. The summed E-state index contributed by atoms with van der Waals surface area (Å²) in [5, 5.41) is 19.9. The molecular formula is C28H34FN7O4. The number of halogens is 1.